The topological polar surface area (TPSA) is 28.3 Å². The first-order chi connectivity index (χ1) is 15.3. The Morgan fingerprint density at radius 1 is 0.906 bits per heavy atom. The van der Waals surface area contributed by atoms with Gasteiger partial charge < -0.3 is 14.6 Å². The van der Waals surface area contributed by atoms with E-state index in [9.17, 15) is 13.2 Å². The molecule has 3 nitrogen and oxygen atoms in total. The van der Waals surface area contributed by atoms with Crippen molar-refractivity contribution in [3.8, 4) is 16.9 Å². The molecule has 0 saturated carbocycles. The molecule has 0 spiro atoms. The van der Waals surface area contributed by atoms with E-state index in [0.717, 1.165) is 45.5 Å². The van der Waals surface area contributed by atoms with Crippen molar-refractivity contribution in [3.05, 3.63) is 91.0 Å². The van der Waals surface area contributed by atoms with E-state index in [4.69, 9.17) is 11.7 Å². The molecule has 0 unspecified atom stereocenters. The number of aromatic nitrogens is 1. The molecule has 0 aliphatic carbocycles. The first-order valence-corrected chi connectivity index (χ1v) is 10.3. The largest absolute Gasteiger partial charge is 0.492 e. The van der Waals surface area contributed by atoms with Gasteiger partial charge in [0.25, 0.3) is 0 Å². The Labute approximate surface area is 185 Å². The van der Waals surface area contributed by atoms with E-state index in [-0.39, 0.29) is 0 Å². The lowest BCUT2D eigenvalue weighted by Crippen LogP contribution is -2.23. The SMILES string of the molecule is [CH]Cc1cc2ccc(N(C)CCOc3ccc(-c4ccc(C(F)(F)F)cc4)cc3)cc2[nH]1. The quantitative estimate of drug-likeness (QED) is 0.353. The van der Waals surface area contributed by atoms with E-state index in [1.807, 2.05) is 31.3 Å². The zero-order chi connectivity index (χ0) is 22.7. The molecule has 0 bridgehead atoms. The molecule has 1 N–H and O–H groups in total. The predicted molar refractivity (Wildman–Crippen MR) is 122 cm³/mol. The van der Waals surface area contributed by atoms with Gasteiger partial charge in [0.15, 0.2) is 0 Å². The van der Waals surface area contributed by atoms with Crippen molar-refractivity contribution in [3.63, 3.8) is 0 Å². The summed E-state index contributed by atoms with van der Waals surface area (Å²) in [7, 11) is 2.00. The summed E-state index contributed by atoms with van der Waals surface area (Å²) in [6.45, 7) is 6.88. The third-order valence-electron chi connectivity index (χ3n) is 5.42. The van der Waals surface area contributed by atoms with Crippen LogP contribution in [0.2, 0.25) is 0 Å². The van der Waals surface area contributed by atoms with E-state index in [1.54, 1.807) is 0 Å². The minimum Gasteiger partial charge on any atom is -0.492 e. The van der Waals surface area contributed by atoms with Crippen LogP contribution in [0.1, 0.15) is 11.3 Å². The van der Waals surface area contributed by atoms with Gasteiger partial charge in [-0.15, -0.1) is 0 Å². The Bertz CT molecular complexity index is 1180. The van der Waals surface area contributed by atoms with Crippen LogP contribution in [0.3, 0.4) is 0 Å². The minimum atomic E-state index is -4.33. The summed E-state index contributed by atoms with van der Waals surface area (Å²) in [6.07, 6.45) is -3.85. The molecule has 1 heterocycles. The predicted octanol–water partition coefficient (Wildman–Crippen LogP) is 6.62. The van der Waals surface area contributed by atoms with Crippen molar-refractivity contribution in [2.24, 2.45) is 0 Å². The molecule has 3 aromatic carbocycles. The molecule has 4 aromatic rings. The molecule has 0 aliphatic rings. The number of likely N-dealkylation sites (N-methyl/N-ethyl adjacent to an activating group) is 1. The fraction of sp³-hybridized carbons (Fsp3) is 0.192. The first-order valence-electron chi connectivity index (χ1n) is 10.3. The normalized spacial score (nSPS) is 11.7. The molecule has 32 heavy (non-hydrogen) atoms. The highest BCUT2D eigenvalue weighted by Crippen LogP contribution is 2.31. The zero-order valence-electron chi connectivity index (χ0n) is 17.6. The van der Waals surface area contributed by atoms with Crippen LogP contribution in [0.5, 0.6) is 5.75 Å². The minimum absolute atomic E-state index is 0.478. The van der Waals surface area contributed by atoms with Crippen LogP contribution in [-0.4, -0.2) is 25.2 Å². The molecule has 1 aromatic heterocycles. The van der Waals surface area contributed by atoms with Gasteiger partial charge in [-0.05, 0) is 72.3 Å². The van der Waals surface area contributed by atoms with Crippen LogP contribution >= 0.6 is 0 Å². The van der Waals surface area contributed by atoms with Crippen LogP contribution in [0.15, 0.2) is 72.8 Å². The Hall–Kier alpha value is -3.41. The molecule has 0 saturated heterocycles. The van der Waals surface area contributed by atoms with Gasteiger partial charge in [-0.25, -0.2) is 0 Å². The van der Waals surface area contributed by atoms with Crippen LogP contribution in [0.25, 0.3) is 22.0 Å². The first kappa shape index (κ1) is 21.8. The van der Waals surface area contributed by atoms with Gasteiger partial charge >= 0.3 is 6.18 Å². The number of ether oxygens (including phenoxy) is 1. The molecule has 0 aliphatic heterocycles. The van der Waals surface area contributed by atoms with Gasteiger partial charge in [-0.2, -0.15) is 13.2 Å². The standard InChI is InChI=1S/C26H23F3N2O/c1-3-22-16-20-6-11-23(17-25(20)30-22)31(2)14-15-32-24-12-7-19(8-13-24)18-4-9-21(10-5-18)26(27,28)29/h1,4-13,16-17,30H,3,14-15H2,2H3. The Kier molecular flexibility index (Phi) is 6.12. The number of hydrogen-bond donors (Lipinski definition) is 1. The number of halogens is 3. The smallest absolute Gasteiger partial charge is 0.416 e. The van der Waals surface area contributed by atoms with Crippen molar-refractivity contribution < 1.29 is 17.9 Å². The molecular weight excluding hydrogens is 413 g/mol. The van der Waals surface area contributed by atoms with Crippen LogP contribution in [-0.2, 0) is 12.6 Å². The summed E-state index contributed by atoms with van der Waals surface area (Å²) >= 11 is 0. The van der Waals surface area contributed by atoms with Crippen molar-refractivity contribution in [1.29, 1.82) is 0 Å². The highest BCUT2D eigenvalue weighted by atomic mass is 19.4. The molecule has 164 valence electrons. The number of hydrogen-bond acceptors (Lipinski definition) is 2. The Balaban J connectivity index is 1.33. The second-order valence-electron chi connectivity index (χ2n) is 7.64. The summed E-state index contributed by atoms with van der Waals surface area (Å²) in [5, 5.41) is 1.13. The second kappa shape index (κ2) is 8.99. The van der Waals surface area contributed by atoms with E-state index in [2.05, 4.69) is 34.1 Å². The third-order valence-corrected chi connectivity index (χ3v) is 5.42. The average molecular weight is 436 g/mol. The molecule has 0 atom stereocenters. The molecule has 2 radical (unpaired) electrons. The molecular formula is C26H23F3N2O. The molecule has 4 rings (SSSR count). The number of alkyl halides is 3. The Morgan fingerprint density at radius 2 is 1.56 bits per heavy atom. The molecule has 0 fully saturated rings. The summed E-state index contributed by atoms with van der Waals surface area (Å²) < 4.78 is 44.0. The fourth-order valence-corrected chi connectivity index (χ4v) is 3.55. The zero-order valence-corrected chi connectivity index (χ0v) is 17.6. The van der Waals surface area contributed by atoms with Crippen molar-refractivity contribution >= 4 is 16.6 Å². The maximum atomic E-state index is 12.7. The van der Waals surface area contributed by atoms with Gasteiger partial charge in [0, 0.05) is 23.9 Å². The van der Waals surface area contributed by atoms with Gasteiger partial charge in [-0.3, -0.25) is 0 Å². The summed E-state index contributed by atoms with van der Waals surface area (Å²) in [5.74, 6) is 0.710. The van der Waals surface area contributed by atoms with Crippen molar-refractivity contribution in [1.82, 2.24) is 4.98 Å². The number of benzene rings is 3. The maximum Gasteiger partial charge on any atom is 0.416 e. The van der Waals surface area contributed by atoms with Crippen molar-refractivity contribution in [2.45, 2.75) is 12.6 Å². The number of fused-ring (bicyclic) bond motifs is 1. The van der Waals surface area contributed by atoms with Crippen LogP contribution < -0.4 is 9.64 Å². The molecule has 0 amide bonds. The number of anilines is 1. The second-order valence-corrected chi connectivity index (χ2v) is 7.64. The Morgan fingerprint density at radius 3 is 2.19 bits per heavy atom. The maximum absolute atomic E-state index is 12.7. The van der Waals surface area contributed by atoms with Gasteiger partial charge in [0.2, 0.25) is 0 Å². The summed E-state index contributed by atoms with van der Waals surface area (Å²) in [6, 6.07) is 20.8. The third kappa shape index (κ3) is 4.90. The number of rotatable bonds is 7. The number of nitrogens with one attached hydrogen (secondary N) is 1. The van der Waals surface area contributed by atoms with Crippen LogP contribution in [0, 0.1) is 6.92 Å². The van der Waals surface area contributed by atoms with E-state index < -0.39 is 11.7 Å². The van der Waals surface area contributed by atoms with Gasteiger partial charge in [0.1, 0.15) is 12.4 Å². The van der Waals surface area contributed by atoms with Crippen LogP contribution in [0.4, 0.5) is 18.9 Å². The highest BCUT2D eigenvalue weighted by molar-refractivity contribution is 5.84. The average Bonchev–Trinajstić information content (AvgIpc) is 3.21. The summed E-state index contributed by atoms with van der Waals surface area (Å²) in [5.41, 5.74) is 4.03. The lowest BCUT2D eigenvalue weighted by Gasteiger charge is -2.19. The number of aromatic amines is 1. The highest BCUT2D eigenvalue weighted by Gasteiger charge is 2.29. The summed E-state index contributed by atoms with van der Waals surface area (Å²) in [4.78, 5) is 5.42. The molecule has 6 heteroatoms. The van der Waals surface area contributed by atoms with Gasteiger partial charge in [-0.1, -0.05) is 30.3 Å². The van der Waals surface area contributed by atoms with E-state index >= 15 is 0 Å². The van der Waals surface area contributed by atoms with E-state index in [1.165, 1.54) is 12.1 Å². The van der Waals surface area contributed by atoms with Crippen molar-refractivity contribution in [2.75, 3.05) is 25.1 Å². The van der Waals surface area contributed by atoms with Gasteiger partial charge in [0.05, 0.1) is 12.1 Å². The lowest BCUT2D eigenvalue weighted by molar-refractivity contribution is -0.137. The fourth-order valence-electron chi connectivity index (χ4n) is 3.55. The number of nitrogens with zero attached hydrogens (tertiary/aromatic N) is 1. The monoisotopic (exact) mass is 436 g/mol. The van der Waals surface area contributed by atoms with E-state index in [0.29, 0.717) is 25.3 Å². The lowest BCUT2D eigenvalue weighted by atomic mass is 10.0. The number of H-pyrrole nitrogens is 1.